The topological polar surface area (TPSA) is 3.24 Å². The van der Waals surface area contributed by atoms with E-state index in [1.807, 2.05) is 0 Å². The first-order valence-electron chi connectivity index (χ1n) is 3.76. The maximum atomic E-state index is 3.86. The molecule has 3 heterocycles. The summed E-state index contributed by atoms with van der Waals surface area (Å²) in [7, 11) is 3.86. The number of rotatable bonds is 0. The van der Waals surface area contributed by atoms with Crippen molar-refractivity contribution in [3.8, 4) is 0 Å². The van der Waals surface area contributed by atoms with Gasteiger partial charge in [0.1, 0.15) is 0 Å². The molecule has 3 fully saturated rings. The van der Waals surface area contributed by atoms with Crippen LogP contribution in [0.15, 0.2) is 0 Å². The van der Waals surface area contributed by atoms with E-state index in [0.29, 0.717) is 5.04 Å². The number of hydrogen-bond acceptors (Lipinski definition) is 1. The molecule has 2 heteroatoms. The van der Waals surface area contributed by atoms with Crippen molar-refractivity contribution in [2.75, 3.05) is 19.6 Å². The molecule has 0 aliphatic carbocycles. The van der Waals surface area contributed by atoms with E-state index in [4.69, 9.17) is 0 Å². The van der Waals surface area contributed by atoms with Gasteiger partial charge in [-0.2, -0.15) is 0 Å². The van der Waals surface area contributed by atoms with Crippen molar-refractivity contribution >= 4 is 10.2 Å². The molecule has 0 aromatic heterocycles. The number of piperidine rings is 3. The summed E-state index contributed by atoms with van der Waals surface area (Å²) in [5, 5.41) is 0.550. The fourth-order valence-electron chi connectivity index (χ4n) is 1.83. The lowest BCUT2D eigenvalue weighted by molar-refractivity contribution is 0.122. The lowest BCUT2D eigenvalue weighted by Crippen LogP contribution is -2.44. The standard InChI is InChI=1S/C7H12NSi/c9-7-1-4-8(5-2-7)6-3-7/h1-6H2. The highest BCUT2D eigenvalue weighted by molar-refractivity contribution is 6.15. The fraction of sp³-hybridized carbons (Fsp3) is 1.00. The van der Waals surface area contributed by atoms with Crippen LogP contribution in [-0.2, 0) is 0 Å². The minimum absolute atomic E-state index is 0.550. The first-order valence-corrected chi connectivity index (χ1v) is 4.26. The van der Waals surface area contributed by atoms with Gasteiger partial charge in [0.25, 0.3) is 0 Å². The van der Waals surface area contributed by atoms with E-state index in [2.05, 4.69) is 15.1 Å². The molecule has 0 saturated carbocycles. The Hall–Kier alpha value is 0.177. The molecular formula is C7H12NSi. The number of fused-ring (bicyclic) bond motifs is 3. The molecule has 0 N–H and O–H groups in total. The van der Waals surface area contributed by atoms with Gasteiger partial charge in [-0.1, -0.05) is 0 Å². The van der Waals surface area contributed by atoms with Crippen LogP contribution >= 0.6 is 0 Å². The van der Waals surface area contributed by atoms with Crippen LogP contribution in [0.25, 0.3) is 0 Å². The van der Waals surface area contributed by atoms with E-state index in [0.717, 1.165) is 0 Å². The summed E-state index contributed by atoms with van der Waals surface area (Å²) in [6.45, 7) is 3.97. The predicted octanol–water partition coefficient (Wildman–Crippen LogP) is 0.813. The largest absolute Gasteiger partial charge is 0.303 e. The normalized spacial score (nSPS) is 49.7. The first-order chi connectivity index (χ1) is 4.29. The van der Waals surface area contributed by atoms with E-state index in [9.17, 15) is 0 Å². The molecule has 0 spiro atoms. The third kappa shape index (κ3) is 0.944. The van der Waals surface area contributed by atoms with Crippen LogP contribution in [0.5, 0.6) is 0 Å². The Morgan fingerprint density at radius 2 is 1.44 bits per heavy atom. The van der Waals surface area contributed by atoms with Gasteiger partial charge in [-0.3, -0.25) is 0 Å². The Kier molecular flexibility index (Phi) is 1.20. The highest BCUT2D eigenvalue weighted by Gasteiger charge is 2.34. The van der Waals surface area contributed by atoms with Crippen LogP contribution in [0.3, 0.4) is 0 Å². The third-order valence-electron chi connectivity index (χ3n) is 2.72. The second kappa shape index (κ2) is 1.83. The minimum Gasteiger partial charge on any atom is -0.303 e. The molecule has 9 heavy (non-hydrogen) atoms. The molecule has 0 aromatic rings. The first kappa shape index (κ1) is 5.92. The molecule has 3 aliphatic rings. The summed E-state index contributed by atoms with van der Waals surface area (Å²) in [6.07, 6.45) is 4.09. The van der Waals surface area contributed by atoms with Crippen molar-refractivity contribution in [3.05, 3.63) is 0 Å². The summed E-state index contributed by atoms with van der Waals surface area (Å²) in [4.78, 5) is 2.56. The van der Waals surface area contributed by atoms with Crippen LogP contribution in [0.1, 0.15) is 19.3 Å². The third-order valence-corrected chi connectivity index (χ3v) is 3.47. The van der Waals surface area contributed by atoms with Crippen molar-refractivity contribution in [1.82, 2.24) is 4.90 Å². The molecule has 3 rings (SSSR count). The van der Waals surface area contributed by atoms with Gasteiger partial charge in [0.15, 0.2) is 0 Å². The highest BCUT2D eigenvalue weighted by atomic mass is 28.1. The quantitative estimate of drug-likeness (QED) is 0.448. The summed E-state index contributed by atoms with van der Waals surface area (Å²) >= 11 is 0. The molecule has 0 amide bonds. The Bertz CT molecular complexity index is 102. The molecule has 3 radical (unpaired) electrons. The highest BCUT2D eigenvalue weighted by Crippen LogP contribution is 2.43. The van der Waals surface area contributed by atoms with Gasteiger partial charge in [0.05, 0.1) is 0 Å². The van der Waals surface area contributed by atoms with Crippen LogP contribution in [0.4, 0.5) is 0 Å². The second-order valence-electron chi connectivity index (χ2n) is 3.37. The van der Waals surface area contributed by atoms with Crippen molar-refractivity contribution in [2.24, 2.45) is 0 Å². The van der Waals surface area contributed by atoms with Crippen LogP contribution in [0, 0.1) is 0 Å². The number of hydrogen-bond donors (Lipinski definition) is 0. The van der Waals surface area contributed by atoms with E-state index < -0.39 is 0 Å². The molecule has 0 unspecified atom stereocenters. The Balaban J connectivity index is 2.11. The van der Waals surface area contributed by atoms with Gasteiger partial charge < -0.3 is 4.90 Å². The molecule has 0 aromatic carbocycles. The molecule has 3 aliphatic heterocycles. The average molecular weight is 138 g/mol. The van der Waals surface area contributed by atoms with E-state index >= 15 is 0 Å². The summed E-state index contributed by atoms with van der Waals surface area (Å²) in [5.41, 5.74) is 0. The molecule has 1 nitrogen and oxygen atoms in total. The van der Waals surface area contributed by atoms with Crippen LogP contribution in [-0.4, -0.2) is 34.8 Å². The van der Waals surface area contributed by atoms with Gasteiger partial charge in [0, 0.05) is 10.2 Å². The maximum absolute atomic E-state index is 3.86. The summed E-state index contributed by atoms with van der Waals surface area (Å²) in [5.74, 6) is 0. The molecular weight excluding hydrogens is 126 g/mol. The zero-order valence-corrected chi connectivity index (χ0v) is 6.69. The Labute approximate surface area is 59.8 Å². The lowest BCUT2D eigenvalue weighted by atomic mass is 9.87. The predicted molar refractivity (Wildman–Crippen MR) is 38.7 cm³/mol. The van der Waals surface area contributed by atoms with Crippen molar-refractivity contribution < 1.29 is 0 Å². The Morgan fingerprint density at radius 3 is 1.67 bits per heavy atom. The molecule has 3 saturated heterocycles. The van der Waals surface area contributed by atoms with E-state index in [-0.39, 0.29) is 0 Å². The molecule has 0 atom stereocenters. The van der Waals surface area contributed by atoms with Gasteiger partial charge >= 0.3 is 0 Å². The van der Waals surface area contributed by atoms with Gasteiger partial charge in [0.2, 0.25) is 0 Å². The van der Waals surface area contributed by atoms with Crippen LogP contribution in [0.2, 0.25) is 5.04 Å². The Morgan fingerprint density at radius 1 is 1.00 bits per heavy atom. The summed E-state index contributed by atoms with van der Waals surface area (Å²) in [6, 6.07) is 0. The number of nitrogens with zero attached hydrogens (tertiary/aromatic N) is 1. The van der Waals surface area contributed by atoms with Gasteiger partial charge in [-0.25, -0.2) is 0 Å². The zero-order valence-electron chi connectivity index (χ0n) is 5.69. The lowest BCUT2D eigenvalue weighted by Gasteiger charge is -2.46. The van der Waals surface area contributed by atoms with Gasteiger partial charge in [-0.05, 0) is 43.9 Å². The monoisotopic (exact) mass is 138 g/mol. The van der Waals surface area contributed by atoms with Crippen molar-refractivity contribution in [2.45, 2.75) is 24.3 Å². The van der Waals surface area contributed by atoms with E-state index in [1.165, 1.54) is 38.9 Å². The SMILES string of the molecule is [Si]C12CCN(CC1)CC2. The van der Waals surface area contributed by atoms with Gasteiger partial charge in [-0.15, -0.1) is 0 Å². The van der Waals surface area contributed by atoms with Crippen molar-refractivity contribution in [1.29, 1.82) is 0 Å². The average Bonchev–Trinajstić information content (AvgIpc) is 1.90. The second-order valence-corrected chi connectivity index (χ2v) is 4.43. The maximum Gasteiger partial charge on any atom is 0.0315 e. The van der Waals surface area contributed by atoms with Crippen molar-refractivity contribution in [3.63, 3.8) is 0 Å². The molecule has 49 valence electrons. The smallest absolute Gasteiger partial charge is 0.0315 e. The fourth-order valence-corrected chi connectivity index (χ4v) is 2.16. The molecule has 2 bridgehead atoms. The zero-order chi connectivity index (χ0) is 6.32. The minimum atomic E-state index is 0.550. The van der Waals surface area contributed by atoms with Crippen LogP contribution < -0.4 is 0 Å². The van der Waals surface area contributed by atoms with E-state index in [1.54, 1.807) is 0 Å². The summed E-state index contributed by atoms with van der Waals surface area (Å²) < 4.78 is 0.